The SMILES string of the molecule is CC/C=C\C/C=C\C/C=C\C/C=C\C/C=C\C/C=C\C/C=C\C/C=C\CCCCCCC(=O)OCC(COC(=O)CCCCCCC)OC(=O)CCCCCCCCC/C=C\C/C=C\C/C=C\C/C=C\C/C=C\CC. The highest BCUT2D eigenvalue weighted by Gasteiger charge is 2.19. The first-order valence-electron chi connectivity index (χ1n) is 30.0. The molecule has 0 rings (SSSR count). The Balaban J connectivity index is 4.21. The first-order valence-corrected chi connectivity index (χ1v) is 30.0. The molecule has 0 heterocycles. The summed E-state index contributed by atoms with van der Waals surface area (Å²) in [6.45, 7) is 6.28. The molecule has 0 aromatic rings. The van der Waals surface area contributed by atoms with Crippen LogP contribution >= 0.6 is 0 Å². The van der Waals surface area contributed by atoms with Crippen molar-refractivity contribution in [2.45, 2.75) is 245 Å². The van der Waals surface area contributed by atoms with Crippen LogP contribution in [0.5, 0.6) is 0 Å². The van der Waals surface area contributed by atoms with Crippen LogP contribution in [0.3, 0.4) is 0 Å². The van der Waals surface area contributed by atoms with Gasteiger partial charge in [-0.1, -0.05) is 249 Å². The third-order valence-electron chi connectivity index (χ3n) is 12.0. The van der Waals surface area contributed by atoms with E-state index in [1.165, 1.54) is 19.3 Å². The summed E-state index contributed by atoms with van der Waals surface area (Å²) in [6, 6.07) is 0. The molecule has 0 spiro atoms. The largest absolute Gasteiger partial charge is 0.462 e. The third-order valence-corrected chi connectivity index (χ3v) is 12.0. The van der Waals surface area contributed by atoms with Crippen molar-refractivity contribution in [3.05, 3.63) is 158 Å². The smallest absolute Gasteiger partial charge is 0.306 e. The number of hydrogen-bond acceptors (Lipinski definition) is 6. The Hall–Kier alpha value is -4.97. The van der Waals surface area contributed by atoms with Crippen molar-refractivity contribution >= 4 is 17.9 Å². The molecule has 0 amide bonds. The number of esters is 3. The van der Waals surface area contributed by atoms with Gasteiger partial charge in [-0.05, 0) is 128 Å². The lowest BCUT2D eigenvalue weighted by Gasteiger charge is -2.18. The summed E-state index contributed by atoms with van der Waals surface area (Å²) in [6.07, 6.45) is 89.9. The van der Waals surface area contributed by atoms with Gasteiger partial charge in [-0.3, -0.25) is 14.4 Å². The van der Waals surface area contributed by atoms with Crippen molar-refractivity contribution in [2.75, 3.05) is 13.2 Å². The predicted molar refractivity (Wildman–Crippen MR) is 325 cm³/mol. The summed E-state index contributed by atoms with van der Waals surface area (Å²) in [7, 11) is 0. The Morgan fingerprint density at radius 3 is 0.813 bits per heavy atom. The van der Waals surface area contributed by atoms with Crippen molar-refractivity contribution in [3.63, 3.8) is 0 Å². The molecule has 0 aromatic heterocycles. The van der Waals surface area contributed by atoms with Crippen LogP contribution in [0.15, 0.2) is 158 Å². The van der Waals surface area contributed by atoms with Gasteiger partial charge in [0.1, 0.15) is 13.2 Å². The van der Waals surface area contributed by atoms with E-state index >= 15 is 0 Å². The monoisotopic (exact) mass is 1030 g/mol. The van der Waals surface area contributed by atoms with E-state index < -0.39 is 6.10 Å². The standard InChI is InChI=1S/C69H108O6/c1-4-7-10-13-15-17-19-21-23-25-27-29-31-32-33-34-35-36-38-39-41-43-45-47-49-51-53-56-59-62-68(71)74-65-66(64-73-67(70)61-58-55-12-9-6-3)75-69(72)63-60-57-54-52-50-48-46-44-42-40-37-30-28-26-24-22-20-18-16-14-11-8-5-2/h7-8,10-11,15-18,21-24,27-30,32-33,35-36,39-42,45,47,66H,4-6,9,12-14,19-20,25-26,31,34,37-38,43-44,46,48-65H2,1-3H3/b10-7-,11-8-,17-15-,18-16-,23-21-,24-22-,29-27-,30-28-,33-32-,36-35-,41-39-,42-40-,47-45-. The number of unbranched alkanes of at least 4 members (excludes halogenated alkanes) is 15. The molecule has 0 saturated heterocycles. The molecule has 1 unspecified atom stereocenters. The number of ether oxygens (including phenoxy) is 3. The maximum Gasteiger partial charge on any atom is 0.306 e. The minimum atomic E-state index is -0.799. The Morgan fingerprint density at radius 1 is 0.280 bits per heavy atom. The fourth-order valence-corrected chi connectivity index (χ4v) is 7.60. The first-order chi connectivity index (χ1) is 37.0. The molecule has 0 aromatic carbocycles. The van der Waals surface area contributed by atoms with E-state index in [1.54, 1.807) is 0 Å². The van der Waals surface area contributed by atoms with Gasteiger partial charge >= 0.3 is 17.9 Å². The molecule has 75 heavy (non-hydrogen) atoms. The zero-order valence-corrected chi connectivity index (χ0v) is 48.0. The fourth-order valence-electron chi connectivity index (χ4n) is 7.60. The summed E-state index contributed by atoms with van der Waals surface area (Å²) in [5.41, 5.74) is 0. The summed E-state index contributed by atoms with van der Waals surface area (Å²) >= 11 is 0. The first kappa shape index (κ1) is 70.0. The third kappa shape index (κ3) is 59.8. The molecule has 1 atom stereocenters. The van der Waals surface area contributed by atoms with Crippen LogP contribution in [0, 0.1) is 0 Å². The second kappa shape index (κ2) is 61.6. The van der Waals surface area contributed by atoms with Crippen LogP contribution in [-0.2, 0) is 28.6 Å². The normalized spacial score (nSPS) is 13.3. The van der Waals surface area contributed by atoms with Crippen molar-refractivity contribution in [1.82, 2.24) is 0 Å². The van der Waals surface area contributed by atoms with Gasteiger partial charge < -0.3 is 14.2 Å². The zero-order valence-electron chi connectivity index (χ0n) is 48.0. The van der Waals surface area contributed by atoms with Crippen molar-refractivity contribution in [3.8, 4) is 0 Å². The second-order valence-corrected chi connectivity index (χ2v) is 19.1. The zero-order chi connectivity index (χ0) is 54.3. The molecule has 0 aliphatic rings. The van der Waals surface area contributed by atoms with Crippen LogP contribution in [0.25, 0.3) is 0 Å². The molecule has 420 valence electrons. The average Bonchev–Trinajstić information content (AvgIpc) is 3.41. The molecule has 0 fully saturated rings. The maximum absolute atomic E-state index is 12.8. The van der Waals surface area contributed by atoms with Gasteiger partial charge in [0.2, 0.25) is 0 Å². The lowest BCUT2D eigenvalue weighted by Crippen LogP contribution is -2.30. The number of rotatable bonds is 52. The highest BCUT2D eigenvalue weighted by atomic mass is 16.6. The number of hydrogen-bond donors (Lipinski definition) is 0. The molecular formula is C69H108O6. The highest BCUT2D eigenvalue weighted by molar-refractivity contribution is 5.71. The lowest BCUT2D eigenvalue weighted by atomic mass is 10.1. The van der Waals surface area contributed by atoms with E-state index in [0.29, 0.717) is 19.3 Å². The molecule has 6 nitrogen and oxygen atoms in total. The van der Waals surface area contributed by atoms with Crippen LogP contribution in [0.2, 0.25) is 0 Å². The van der Waals surface area contributed by atoms with Crippen molar-refractivity contribution in [2.24, 2.45) is 0 Å². The summed E-state index contributed by atoms with van der Waals surface area (Å²) in [4.78, 5) is 37.9. The van der Waals surface area contributed by atoms with Gasteiger partial charge in [-0.25, -0.2) is 0 Å². The minimum Gasteiger partial charge on any atom is -0.462 e. The van der Waals surface area contributed by atoms with Crippen molar-refractivity contribution in [1.29, 1.82) is 0 Å². The van der Waals surface area contributed by atoms with Crippen LogP contribution in [-0.4, -0.2) is 37.2 Å². The van der Waals surface area contributed by atoms with Crippen LogP contribution in [0.1, 0.15) is 239 Å². The Bertz CT molecular complexity index is 1710. The molecule has 0 saturated carbocycles. The van der Waals surface area contributed by atoms with Gasteiger partial charge in [0, 0.05) is 19.3 Å². The van der Waals surface area contributed by atoms with Crippen molar-refractivity contribution < 1.29 is 28.6 Å². The van der Waals surface area contributed by atoms with Crippen LogP contribution in [0.4, 0.5) is 0 Å². The van der Waals surface area contributed by atoms with E-state index in [-0.39, 0.29) is 31.1 Å². The number of carbonyl (C=O) groups is 3. The molecule has 0 radical (unpaired) electrons. The van der Waals surface area contributed by atoms with Gasteiger partial charge in [-0.15, -0.1) is 0 Å². The van der Waals surface area contributed by atoms with E-state index in [0.717, 1.165) is 180 Å². The Morgan fingerprint density at radius 2 is 0.520 bits per heavy atom. The number of allylic oxidation sites excluding steroid dienone is 26. The Labute approximate surface area is 460 Å². The minimum absolute atomic E-state index is 0.0980. The molecule has 0 bridgehead atoms. The highest BCUT2D eigenvalue weighted by Crippen LogP contribution is 2.13. The van der Waals surface area contributed by atoms with Gasteiger partial charge in [0.05, 0.1) is 0 Å². The van der Waals surface area contributed by atoms with E-state index in [9.17, 15) is 14.4 Å². The van der Waals surface area contributed by atoms with E-state index in [2.05, 4.69) is 179 Å². The fraction of sp³-hybridized carbons (Fsp3) is 0.580. The topological polar surface area (TPSA) is 78.9 Å². The van der Waals surface area contributed by atoms with Gasteiger partial charge in [0.15, 0.2) is 6.10 Å². The lowest BCUT2D eigenvalue weighted by molar-refractivity contribution is -0.167. The van der Waals surface area contributed by atoms with Crippen LogP contribution < -0.4 is 0 Å². The number of carbonyl (C=O) groups excluding carboxylic acids is 3. The predicted octanol–water partition coefficient (Wildman–Crippen LogP) is 20.5. The summed E-state index contributed by atoms with van der Waals surface area (Å²) in [5, 5.41) is 0. The maximum atomic E-state index is 12.8. The van der Waals surface area contributed by atoms with E-state index in [1.807, 2.05) is 0 Å². The quantitative estimate of drug-likeness (QED) is 0.0261. The molecular weight excluding hydrogens is 925 g/mol. The Kier molecular flexibility index (Phi) is 57.5. The molecule has 6 heteroatoms. The van der Waals surface area contributed by atoms with Gasteiger partial charge in [0.25, 0.3) is 0 Å². The second-order valence-electron chi connectivity index (χ2n) is 19.1. The average molecular weight is 1030 g/mol. The molecule has 0 aliphatic carbocycles. The van der Waals surface area contributed by atoms with Gasteiger partial charge in [-0.2, -0.15) is 0 Å². The summed E-state index contributed by atoms with van der Waals surface area (Å²) in [5.74, 6) is -0.957. The summed E-state index contributed by atoms with van der Waals surface area (Å²) < 4.78 is 16.7. The molecule has 0 aliphatic heterocycles. The molecule has 0 N–H and O–H groups in total. The van der Waals surface area contributed by atoms with E-state index in [4.69, 9.17) is 14.2 Å².